The van der Waals surface area contributed by atoms with Gasteiger partial charge in [0, 0.05) is 6.42 Å². The molecule has 0 fully saturated rings. The third kappa shape index (κ3) is 7.73. The fourth-order valence-corrected chi connectivity index (χ4v) is 1.12. The number of nitrogens with one attached hydrogen (secondary N) is 1. The number of carbonyl (C=O) groups is 1. The number of aliphatic carboxylic acids is 1. The van der Waals surface area contributed by atoms with Crippen molar-refractivity contribution >= 4 is 12.3 Å². The van der Waals surface area contributed by atoms with Crippen molar-refractivity contribution in [2.45, 2.75) is 45.1 Å². The molecule has 0 saturated carbocycles. The first-order valence-corrected chi connectivity index (χ1v) is 5.03. The Hall–Kier alpha value is -0.900. The summed E-state index contributed by atoms with van der Waals surface area (Å²) in [5, 5.41) is 11.4. The van der Waals surface area contributed by atoms with Crippen molar-refractivity contribution in [3.05, 3.63) is 0 Å². The molecule has 14 heavy (non-hydrogen) atoms. The predicted octanol–water partition coefficient (Wildman–Crippen LogP) is 1.11. The SMILES string of the molecule is CCCCCN[C@H]([C]=O)CCC(=O)O. The lowest BCUT2D eigenvalue weighted by Crippen LogP contribution is -2.31. The third-order valence-electron chi connectivity index (χ3n) is 1.96. The molecule has 0 unspecified atom stereocenters. The molecule has 0 aliphatic carbocycles. The van der Waals surface area contributed by atoms with Crippen LogP contribution in [0.25, 0.3) is 0 Å². The second-order valence-corrected chi connectivity index (χ2v) is 3.26. The maximum atomic E-state index is 10.4. The Balaban J connectivity index is 3.47. The number of hydrogen-bond acceptors (Lipinski definition) is 3. The predicted molar refractivity (Wildman–Crippen MR) is 53.9 cm³/mol. The maximum absolute atomic E-state index is 10.4. The number of carboxylic acid groups (broad SMARTS) is 1. The molecule has 0 aromatic rings. The molecular weight excluding hydrogens is 182 g/mol. The largest absolute Gasteiger partial charge is 0.481 e. The van der Waals surface area contributed by atoms with E-state index in [9.17, 15) is 9.59 Å². The second-order valence-electron chi connectivity index (χ2n) is 3.26. The molecule has 0 heterocycles. The Morgan fingerprint density at radius 1 is 1.50 bits per heavy atom. The number of unbranched alkanes of at least 4 members (excludes halogenated alkanes) is 2. The van der Waals surface area contributed by atoms with Crippen LogP contribution >= 0.6 is 0 Å². The molecule has 0 saturated heterocycles. The molecule has 0 bridgehead atoms. The average molecular weight is 200 g/mol. The van der Waals surface area contributed by atoms with Gasteiger partial charge in [-0.15, -0.1) is 0 Å². The van der Waals surface area contributed by atoms with E-state index in [1.807, 2.05) is 6.29 Å². The van der Waals surface area contributed by atoms with E-state index < -0.39 is 12.0 Å². The van der Waals surface area contributed by atoms with Gasteiger partial charge in [-0.25, -0.2) is 0 Å². The first kappa shape index (κ1) is 13.1. The van der Waals surface area contributed by atoms with Crippen molar-refractivity contribution in [1.82, 2.24) is 5.32 Å². The minimum atomic E-state index is -0.874. The van der Waals surface area contributed by atoms with Crippen molar-refractivity contribution < 1.29 is 14.7 Å². The topological polar surface area (TPSA) is 66.4 Å². The first-order valence-electron chi connectivity index (χ1n) is 5.03. The Bertz CT molecular complexity index is 171. The van der Waals surface area contributed by atoms with Crippen molar-refractivity contribution in [3.63, 3.8) is 0 Å². The van der Waals surface area contributed by atoms with Crippen LogP contribution in [0.5, 0.6) is 0 Å². The summed E-state index contributed by atoms with van der Waals surface area (Å²) in [6, 6.07) is -0.428. The van der Waals surface area contributed by atoms with Crippen molar-refractivity contribution in [1.29, 1.82) is 0 Å². The fraction of sp³-hybridized carbons (Fsp3) is 0.800. The summed E-state index contributed by atoms with van der Waals surface area (Å²) in [7, 11) is 0. The zero-order valence-electron chi connectivity index (χ0n) is 8.58. The van der Waals surface area contributed by atoms with Gasteiger partial charge in [-0.2, -0.15) is 0 Å². The first-order chi connectivity index (χ1) is 6.70. The lowest BCUT2D eigenvalue weighted by molar-refractivity contribution is -0.137. The summed E-state index contributed by atoms with van der Waals surface area (Å²) < 4.78 is 0. The molecule has 4 nitrogen and oxygen atoms in total. The van der Waals surface area contributed by atoms with Crippen molar-refractivity contribution in [3.8, 4) is 0 Å². The zero-order chi connectivity index (χ0) is 10.8. The van der Waals surface area contributed by atoms with Gasteiger partial charge in [0.25, 0.3) is 0 Å². The maximum Gasteiger partial charge on any atom is 0.303 e. The molecule has 0 rings (SSSR count). The Morgan fingerprint density at radius 3 is 2.71 bits per heavy atom. The highest BCUT2D eigenvalue weighted by Gasteiger charge is 2.09. The van der Waals surface area contributed by atoms with Crippen LogP contribution in [0, 0.1) is 0 Å². The van der Waals surface area contributed by atoms with Crippen LogP contribution < -0.4 is 5.32 Å². The number of carboxylic acids is 1. The van der Waals surface area contributed by atoms with Crippen molar-refractivity contribution in [2.24, 2.45) is 0 Å². The monoisotopic (exact) mass is 200 g/mol. The van der Waals surface area contributed by atoms with E-state index in [1.165, 1.54) is 0 Å². The van der Waals surface area contributed by atoms with E-state index in [-0.39, 0.29) is 6.42 Å². The highest BCUT2D eigenvalue weighted by atomic mass is 16.4. The minimum Gasteiger partial charge on any atom is -0.481 e. The molecule has 0 aromatic heterocycles. The minimum absolute atomic E-state index is 0.0146. The number of rotatable bonds is 9. The summed E-state index contributed by atoms with van der Waals surface area (Å²) in [6.45, 7) is 2.86. The van der Waals surface area contributed by atoms with E-state index in [1.54, 1.807) is 0 Å². The molecule has 0 aliphatic heterocycles. The van der Waals surface area contributed by atoms with E-state index in [0.29, 0.717) is 6.42 Å². The Kier molecular flexibility index (Phi) is 8.13. The fourth-order valence-electron chi connectivity index (χ4n) is 1.12. The standard InChI is InChI=1S/C10H18NO3/c1-2-3-4-7-11-9(8-12)5-6-10(13)14/h9,11H,2-7H2,1H3,(H,13,14)/t9-/m0/s1. The molecular formula is C10H18NO3. The molecule has 1 atom stereocenters. The van der Waals surface area contributed by atoms with E-state index >= 15 is 0 Å². The van der Waals surface area contributed by atoms with Crippen LogP contribution in [0.15, 0.2) is 0 Å². The lowest BCUT2D eigenvalue weighted by Gasteiger charge is -2.09. The third-order valence-corrected chi connectivity index (χ3v) is 1.96. The molecule has 0 amide bonds. The second kappa shape index (κ2) is 8.69. The van der Waals surface area contributed by atoms with Gasteiger partial charge in [0.15, 0.2) is 0 Å². The quantitative estimate of drug-likeness (QED) is 0.547. The summed E-state index contributed by atoms with van der Waals surface area (Å²) in [5.41, 5.74) is 0. The zero-order valence-corrected chi connectivity index (χ0v) is 8.58. The van der Waals surface area contributed by atoms with Crippen LogP contribution in [-0.2, 0) is 9.59 Å². The van der Waals surface area contributed by atoms with Crippen LogP contribution in [0.1, 0.15) is 39.0 Å². The van der Waals surface area contributed by atoms with Gasteiger partial charge in [0.05, 0.1) is 6.04 Å². The molecule has 1 radical (unpaired) electrons. The molecule has 81 valence electrons. The van der Waals surface area contributed by atoms with Gasteiger partial charge in [0.1, 0.15) is 0 Å². The molecule has 0 aromatic carbocycles. The van der Waals surface area contributed by atoms with E-state index in [0.717, 1.165) is 25.8 Å². The summed E-state index contributed by atoms with van der Waals surface area (Å²) in [4.78, 5) is 20.6. The van der Waals surface area contributed by atoms with Crippen LogP contribution in [0.4, 0.5) is 0 Å². The van der Waals surface area contributed by atoms with E-state index in [4.69, 9.17) is 5.11 Å². The Labute approximate surface area is 84.7 Å². The van der Waals surface area contributed by atoms with Crippen LogP contribution in [0.3, 0.4) is 0 Å². The van der Waals surface area contributed by atoms with Crippen LogP contribution in [0.2, 0.25) is 0 Å². The average Bonchev–Trinajstić information content (AvgIpc) is 2.16. The number of hydrogen-bond donors (Lipinski definition) is 2. The van der Waals surface area contributed by atoms with E-state index in [2.05, 4.69) is 12.2 Å². The molecule has 0 aliphatic rings. The molecule has 4 heteroatoms. The highest BCUT2D eigenvalue weighted by Crippen LogP contribution is 1.97. The van der Waals surface area contributed by atoms with Gasteiger partial charge in [-0.1, -0.05) is 19.8 Å². The molecule has 0 spiro atoms. The normalized spacial score (nSPS) is 12.4. The Morgan fingerprint density at radius 2 is 2.21 bits per heavy atom. The smallest absolute Gasteiger partial charge is 0.303 e. The van der Waals surface area contributed by atoms with Gasteiger partial charge in [-0.3, -0.25) is 9.59 Å². The summed E-state index contributed by atoms with van der Waals surface area (Å²) in [6.07, 6.45) is 5.42. The summed E-state index contributed by atoms with van der Waals surface area (Å²) >= 11 is 0. The van der Waals surface area contributed by atoms with Gasteiger partial charge in [-0.05, 0) is 19.4 Å². The van der Waals surface area contributed by atoms with Gasteiger partial charge < -0.3 is 10.4 Å². The lowest BCUT2D eigenvalue weighted by atomic mass is 10.1. The van der Waals surface area contributed by atoms with Crippen LogP contribution in [-0.4, -0.2) is 29.9 Å². The molecule has 2 N–H and O–H groups in total. The van der Waals surface area contributed by atoms with Crippen molar-refractivity contribution in [2.75, 3.05) is 6.54 Å². The summed E-state index contributed by atoms with van der Waals surface area (Å²) in [5.74, 6) is -0.874. The highest BCUT2D eigenvalue weighted by molar-refractivity contribution is 5.68. The van der Waals surface area contributed by atoms with Gasteiger partial charge in [0.2, 0.25) is 6.29 Å². The number of carbonyl (C=O) groups excluding carboxylic acids is 1. The van der Waals surface area contributed by atoms with Gasteiger partial charge >= 0.3 is 5.97 Å².